The number of hydrogen-bond acceptors (Lipinski definition) is 7. The van der Waals surface area contributed by atoms with Gasteiger partial charge < -0.3 is 14.7 Å². The van der Waals surface area contributed by atoms with Crippen molar-refractivity contribution < 1.29 is 19.4 Å². The molecule has 0 fully saturated rings. The molecule has 10 heteroatoms. The third-order valence-electron chi connectivity index (χ3n) is 7.12. The number of halogens is 2. The van der Waals surface area contributed by atoms with Crippen molar-refractivity contribution in [2.24, 2.45) is 0 Å². The van der Waals surface area contributed by atoms with E-state index in [2.05, 4.69) is 81.1 Å². The van der Waals surface area contributed by atoms with E-state index in [1.54, 1.807) is 6.92 Å². The van der Waals surface area contributed by atoms with Crippen molar-refractivity contribution in [2.45, 2.75) is 85.4 Å². The molecular weight excluding hydrogens is 605 g/mol. The second kappa shape index (κ2) is 19.6. The molecule has 1 N–H and O–H groups in total. The quantitative estimate of drug-likeness (QED) is 0.147. The van der Waals surface area contributed by atoms with Crippen molar-refractivity contribution in [3.8, 4) is 11.3 Å². The number of ether oxygens (including phenoxy) is 1. The van der Waals surface area contributed by atoms with Gasteiger partial charge in [0.1, 0.15) is 5.01 Å². The molecule has 1 heterocycles. The summed E-state index contributed by atoms with van der Waals surface area (Å²) in [5, 5.41) is 12.0. The van der Waals surface area contributed by atoms with Crippen LogP contribution in [0.3, 0.4) is 0 Å². The second-order valence-corrected chi connectivity index (χ2v) is 11.7. The highest BCUT2D eigenvalue weighted by Gasteiger charge is 2.18. The summed E-state index contributed by atoms with van der Waals surface area (Å²) < 4.78 is 4.99. The van der Waals surface area contributed by atoms with Crippen LogP contribution >= 0.6 is 36.2 Å². The maximum atomic E-state index is 11.9. The number of aliphatic carboxylic acids is 1. The van der Waals surface area contributed by atoms with E-state index in [0.29, 0.717) is 12.0 Å². The molecule has 7 nitrogen and oxygen atoms in total. The van der Waals surface area contributed by atoms with Crippen molar-refractivity contribution >= 4 is 53.8 Å². The smallest absolute Gasteiger partial charge is 0.320 e. The summed E-state index contributed by atoms with van der Waals surface area (Å²) in [6.45, 7) is 11.7. The predicted molar refractivity (Wildman–Crippen MR) is 182 cm³/mol. The Hall–Kier alpha value is -2.65. The van der Waals surface area contributed by atoms with Crippen LogP contribution in [0, 0.1) is 0 Å². The molecule has 0 amide bonds. The Labute approximate surface area is 273 Å². The molecule has 43 heavy (non-hydrogen) atoms. The van der Waals surface area contributed by atoms with E-state index in [4.69, 9.17) is 9.72 Å². The fraction of sp³-hybridized carbons (Fsp3) is 0.485. The van der Waals surface area contributed by atoms with E-state index in [9.17, 15) is 14.7 Å². The number of hydrogen-bond donors (Lipinski definition) is 1. The van der Waals surface area contributed by atoms with Gasteiger partial charge in [-0.25, -0.2) is 4.98 Å². The van der Waals surface area contributed by atoms with Gasteiger partial charge in [-0.15, -0.1) is 36.2 Å². The SMILES string of the molecule is CCCC(CCC)c1ccc(N(Cc2ccc(-c3csc(CN(CC(=O)O)CC(=O)OCC)n3)cc2)C(C)C)cc1.Cl.Cl. The normalized spacial score (nSPS) is 10.9. The van der Waals surface area contributed by atoms with Crippen LogP contribution in [0.1, 0.15) is 82.4 Å². The molecule has 0 aliphatic heterocycles. The Kier molecular flexibility index (Phi) is 17.5. The summed E-state index contributed by atoms with van der Waals surface area (Å²) in [6, 6.07) is 18.0. The summed E-state index contributed by atoms with van der Waals surface area (Å²) in [7, 11) is 0. The number of carbonyl (C=O) groups is 2. The Morgan fingerprint density at radius 2 is 1.53 bits per heavy atom. The van der Waals surface area contributed by atoms with E-state index >= 15 is 0 Å². The summed E-state index contributed by atoms with van der Waals surface area (Å²) in [5.41, 5.74) is 5.74. The largest absolute Gasteiger partial charge is 0.480 e. The lowest BCUT2D eigenvalue weighted by Crippen LogP contribution is -2.34. The maximum absolute atomic E-state index is 11.9. The Morgan fingerprint density at radius 3 is 2.07 bits per heavy atom. The topological polar surface area (TPSA) is 83.0 Å². The third kappa shape index (κ3) is 12.1. The zero-order valence-corrected chi connectivity index (χ0v) is 28.4. The molecule has 0 unspecified atom stereocenters. The molecule has 0 bridgehead atoms. The highest BCUT2D eigenvalue weighted by Crippen LogP contribution is 2.30. The lowest BCUT2D eigenvalue weighted by molar-refractivity contribution is -0.146. The fourth-order valence-electron chi connectivity index (χ4n) is 5.12. The highest BCUT2D eigenvalue weighted by atomic mass is 35.5. The Balaban J connectivity index is 0.00000462. The van der Waals surface area contributed by atoms with Crippen molar-refractivity contribution in [1.82, 2.24) is 9.88 Å². The summed E-state index contributed by atoms with van der Waals surface area (Å²) >= 11 is 1.46. The highest BCUT2D eigenvalue weighted by molar-refractivity contribution is 7.09. The van der Waals surface area contributed by atoms with Gasteiger partial charge in [-0.3, -0.25) is 14.5 Å². The summed E-state index contributed by atoms with van der Waals surface area (Å²) in [5.74, 6) is -0.793. The van der Waals surface area contributed by atoms with Crippen LogP contribution in [0.2, 0.25) is 0 Å². The van der Waals surface area contributed by atoms with E-state index < -0.39 is 11.9 Å². The minimum absolute atomic E-state index is 0. The number of carbonyl (C=O) groups excluding carboxylic acids is 1. The van der Waals surface area contributed by atoms with Gasteiger partial charge in [0.15, 0.2) is 0 Å². The van der Waals surface area contributed by atoms with Gasteiger partial charge in [-0.1, -0.05) is 63.1 Å². The number of carboxylic acids is 1. The number of carboxylic acid groups (broad SMARTS) is 1. The van der Waals surface area contributed by atoms with E-state index in [0.717, 1.165) is 22.8 Å². The molecule has 3 rings (SSSR count). The minimum Gasteiger partial charge on any atom is -0.480 e. The first-order chi connectivity index (χ1) is 19.7. The van der Waals surface area contributed by atoms with Gasteiger partial charge in [0.05, 0.1) is 31.9 Å². The van der Waals surface area contributed by atoms with Gasteiger partial charge in [-0.2, -0.15) is 0 Å². The van der Waals surface area contributed by atoms with Crippen LogP contribution in [0.4, 0.5) is 5.69 Å². The molecule has 3 aromatic rings. The number of esters is 1. The van der Waals surface area contributed by atoms with Gasteiger partial charge >= 0.3 is 11.9 Å². The van der Waals surface area contributed by atoms with Crippen LogP contribution in [0.5, 0.6) is 0 Å². The lowest BCUT2D eigenvalue weighted by atomic mass is 9.90. The maximum Gasteiger partial charge on any atom is 0.320 e. The summed E-state index contributed by atoms with van der Waals surface area (Å²) in [6.07, 6.45) is 4.90. The van der Waals surface area contributed by atoms with Crippen molar-refractivity contribution in [3.63, 3.8) is 0 Å². The molecule has 0 radical (unpaired) electrons. The number of aromatic nitrogens is 1. The Morgan fingerprint density at radius 1 is 0.907 bits per heavy atom. The number of rotatable bonds is 17. The Bertz CT molecular complexity index is 1230. The molecular formula is C33H47Cl2N3O4S. The van der Waals surface area contributed by atoms with Crippen LogP contribution in [0.15, 0.2) is 53.9 Å². The zero-order chi connectivity index (χ0) is 29.8. The molecule has 0 spiro atoms. The monoisotopic (exact) mass is 651 g/mol. The standard InChI is InChI=1S/C33H45N3O4S.2ClH/c1-6-9-26(10-7-2)27-15-17-29(18-16-27)36(24(4)5)19-25-11-13-28(14-12-25)30-23-41-31(34-30)20-35(21-32(37)38)22-33(39)40-8-3;;/h11-18,23-24,26H,6-10,19-22H2,1-5H3,(H,37,38);2*1H. The molecule has 238 valence electrons. The zero-order valence-electron chi connectivity index (χ0n) is 26.0. The number of anilines is 1. The molecule has 0 saturated carbocycles. The van der Waals surface area contributed by atoms with Crippen LogP contribution in [0.25, 0.3) is 11.3 Å². The van der Waals surface area contributed by atoms with E-state index in [1.807, 2.05) is 5.38 Å². The number of thiazole rings is 1. The lowest BCUT2D eigenvalue weighted by Gasteiger charge is -2.30. The van der Waals surface area contributed by atoms with Gasteiger partial charge in [-0.05, 0) is 62.8 Å². The molecule has 2 aromatic carbocycles. The van der Waals surface area contributed by atoms with Gasteiger partial charge in [0.2, 0.25) is 0 Å². The minimum atomic E-state index is -0.995. The second-order valence-electron chi connectivity index (χ2n) is 10.8. The number of nitrogens with zero attached hydrogens (tertiary/aromatic N) is 3. The predicted octanol–water partition coefficient (Wildman–Crippen LogP) is 8.20. The van der Waals surface area contributed by atoms with Crippen LogP contribution in [-0.2, 0) is 27.4 Å². The van der Waals surface area contributed by atoms with Crippen LogP contribution in [-0.4, -0.2) is 52.7 Å². The molecule has 1 aromatic heterocycles. The first kappa shape index (κ1) is 38.4. The third-order valence-corrected chi connectivity index (χ3v) is 7.96. The first-order valence-corrected chi connectivity index (χ1v) is 15.6. The summed E-state index contributed by atoms with van der Waals surface area (Å²) in [4.78, 5) is 31.9. The average molecular weight is 653 g/mol. The van der Waals surface area contributed by atoms with Gasteiger partial charge in [0.25, 0.3) is 0 Å². The number of benzene rings is 2. The van der Waals surface area contributed by atoms with E-state index in [-0.39, 0.29) is 51.1 Å². The molecule has 0 aliphatic carbocycles. The van der Waals surface area contributed by atoms with Crippen molar-refractivity contribution in [2.75, 3.05) is 24.6 Å². The fourth-order valence-corrected chi connectivity index (χ4v) is 5.96. The first-order valence-electron chi connectivity index (χ1n) is 14.7. The average Bonchev–Trinajstić information content (AvgIpc) is 3.40. The van der Waals surface area contributed by atoms with Crippen molar-refractivity contribution in [3.05, 3.63) is 70.0 Å². The van der Waals surface area contributed by atoms with Crippen LogP contribution < -0.4 is 4.90 Å². The van der Waals surface area contributed by atoms with Gasteiger partial charge in [0, 0.05) is 29.2 Å². The molecule has 0 atom stereocenters. The van der Waals surface area contributed by atoms with Crippen molar-refractivity contribution in [1.29, 1.82) is 0 Å². The van der Waals surface area contributed by atoms with E-state index in [1.165, 1.54) is 58.7 Å². The molecule has 0 saturated heterocycles. The molecule has 0 aliphatic rings.